The van der Waals surface area contributed by atoms with Crippen molar-refractivity contribution in [1.29, 1.82) is 0 Å². The van der Waals surface area contributed by atoms with Crippen LogP contribution in [0.2, 0.25) is 0 Å². The van der Waals surface area contributed by atoms with Crippen molar-refractivity contribution in [3.8, 4) is 0 Å². The zero-order valence-corrected chi connectivity index (χ0v) is 12.6. The molecule has 0 saturated heterocycles. The van der Waals surface area contributed by atoms with E-state index in [2.05, 4.69) is 25.7 Å². The molecule has 0 aliphatic heterocycles. The molecule has 18 heavy (non-hydrogen) atoms. The molecule has 2 aliphatic carbocycles. The summed E-state index contributed by atoms with van der Waals surface area (Å²) in [6.07, 6.45) is 9.55. The molecule has 2 saturated carbocycles. The lowest BCUT2D eigenvalue weighted by molar-refractivity contribution is 0.0647. The van der Waals surface area contributed by atoms with Gasteiger partial charge in [-0.1, -0.05) is 33.6 Å². The largest absolute Gasteiger partial charge is 0.326 e. The molecule has 2 fully saturated rings. The van der Waals surface area contributed by atoms with Gasteiger partial charge in [0.2, 0.25) is 0 Å². The van der Waals surface area contributed by atoms with Crippen LogP contribution in [-0.4, -0.2) is 29.6 Å². The third-order valence-electron chi connectivity index (χ3n) is 4.93. The molecule has 2 aliphatic rings. The third-order valence-corrected chi connectivity index (χ3v) is 4.93. The van der Waals surface area contributed by atoms with E-state index in [9.17, 15) is 0 Å². The molecule has 0 aromatic heterocycles. The maximum Gasteiger partial charge on any atom is 0.0252 e. The molecule has 0 aromatic rings. The van der Waals surface area contributed by atoms with Crippen LogP contribution in [0.4, 0.5) is 0 Å². The van der Waals surface area contributed by atoms with Crippen LogP contribution in [0.25, 0.3) is 0 Å². The zero-order chi connectivity index (χ0) is 13.1. The zero-order valence-electron chi connectivity index (χ0n) is 12.6. The van der Waals surface area contributed by atoms with Crippen LogP contribution in [0.5, 0.6) is 0 Å². The van der Waals surface area contributed by atoms with E-state index in [0.29, 0.717) is 12.1 Å². The van der Waals surface area contributed by atoms with Crippen molar-refractivity contribution >= 4 is 0 Å². The summed E-state index contributed by atoms with van der Waals surface area (Å²) in [6.45, 7) is 8.34. The summed E-state index contributed by atoms with van der Waals surface area (Å²) in [5, 5.41) is 0. The van der Waals surface area contributed by atoms with E-state index >= 15 is 0 Å². The van der Waals surface area contributed by atoms with Gasteiger partial charge >= 0.3 is 0 Å². The highest BCUT2D eigenvalue weighted by molar-refractivity contribution is 4.92. The van der Waals surface area contributed by atoms with Crippen LogP contribution in [-0.2, 0) is 0 Å². The Morgan fingerprint density at radius 3 is 2.39 bits per heavy atom. The predicted octanol–water partition coefficient (Wildman–Crippen LogP) is 3.40. The average molecular weight is 252 g/mol. The smallest absolute Gasteiger partial charge is 0.0252 e. The Balaban J connectivity index is 2.05. The molecule has 3 unspecified atom stereocenters. The van der Waals surface area contributed by atoms with Crippen molar-refractivity contribution in [1.82, 2.24) is 4.90 Å². The molecule has 0 heterocycles. The van der Waals surface area contributed by atoms with Crippen LogP contribution in [0.1, 0.15) is 65.7 Å². The number of hydrogen-bond acceptors (Lipinski definition) is 2. The van der Waals surface area contributed by atoms with Gasteiger partial charge in [-0.25, -0.2) is 0 Å². The number of nitrogens with zero attached hydrogens (tertiary/aromatic N) is 1. The highest BCUT2D eigenvalue weighted by Gasteiger charge is 2.35. The van der Waals surface area contributed by atoms with Crippen molar-refractivity contribution in [3.05, 3.63) is 0 Å². The minimum atomic E-state index is 0.417. The molecule has 2 rings (SSSR count). The van der Waals surface area contributed by atoms with Gasteiger partial charge in [-0.3, -0.25) is 4.90 Å². The molecule has 0 radical (unpaired) electrons. The van der Waals surface area contributed by atoms with Crippen LogP contribution in [0.15, 0.2) is 0 Å². The average Bonchev–Trinajstić information content (AvgIpc) is 2.82. The van der Waals surface area contributed by atoms with E-state index in [0.717, 1.165) is 17.9 Å². The standard InChI is InChI=1S/C16H32N2/c1-12(2)11-18(14-6-4-5-7-14)16-10-13(3)8-9-15(16)17/h12-16H,4-11,17H2,1-3H3. The van der Waals surface area contributed by atoms with Crippen molar-refractivity contribution in [3.63, 3.8) is 0 Å². The summed E-state index contributed by atoms with van der Waals surface area (Å²) in [6, 6.07) is 1.90. The highest BCUT2D eigenvalue weighted by Crippen LogP contribution is 2.33. The molecular weight excluding hydrogens is 220 g/mol. The Hall–Kier alpha value is -0.0800. The quantitative estimate of drug-likeness (QED) is 0.831. The van der Waals surface area contributed by atoms with Gasteiger partial charge in [0.25, 0.3) is 0 Å². The summed E-state index contributed by atoms with van der Waals surface area (Å²) < 4.78 is 0. The second-order valence-corrected chi connectivity index (χ2v) is 7.18. The molecule has 2 heteroatoms. The van der Waals surface area contributed by atoms with Crippen molar-refractivity contribution in [2.24, 2.45) is 17.6 Å². The normalized spacial score (nSPS) is 34.7. The molecule has 2 N–H and O–H groups in total. The van der Waals surface area contributed by atoms with E-state index in [1.54, 1.807) is 0 Å². The second-order valence-electron chi connectivity index (χ2n) is 7.18. The first-order chi connectivity index (χ1) is 8.58. The Labute approximate surface area is 113 Å². The lowest BCUT2D eigenvalue weighted by Gasteiger charge is -2.44. The summed E-state index contributed by atoms with van der Waals surface area (Å²) in [5.41, 5.74) is 6.44. The van der Waals surface area contributed by atoms with Crippen LogP contribution < -0.4 is 5.73 Å². The van der Waals surface area contributed by atoms with E-state index in [4.69, 9.17) is 5.73 Å². The fourth-order valence-corrected chi connectivity index (χ4v) is 3.97. The van der Waals surface area contributed by atoms with Gasteiger partial charge in [0.05, 0.1) is 0 Å². The molecule has 0 bridgehead atoms. The van der Waals surface area contributed by atoms with Gasteiger partial charge in [0, 0.05) is 24.7 Å². The van der Waals surface area contributed by atoms with Gasteiger partial charge in [-0.05, 0) is 43.9 Å². The molecule has 0 amide bonds. The first kappa shape index (κ1) is 14.3. The molecule has 106 valence electrons. The number of nitrogens with two attached hydrogens (primary N) is 1. The summed E-state index contributed by atoms with van der Waals surface area (Å²) in [4.78, 5) is 2.80. The predicted molar refractivity (Wildman–Crippen MR) is 78.6 cm³/mol. The maximum absolute atomic E-state index is 6.44. The van der Waals surface area contributed by atoms with Gasteiger partial charge in [-0.2, -0.15) is 0 Å². The number of rotatable bonds is 4. The van der Waals surface area contributed by atoms with Crippen molar-refractivity contribution < 1.29 is 0 Å². The minimum Gasteiger partial charge on any atom is -0.326 e. The van der Waals surface area contributed by atoms with Crippen molar-refractivity contribution in [2.45, 2.75) is 83.8 Å². The molecule has 3 atom stereocenters. The maximum atomic E-state index is 6.44. The summed E-state index contributed by atoms with van der Waals surface area (Å²) in [7, 11) is 0. The van der Waals surface area contributed by atoms with Crippen molar-refractivity contribution in [2.75, 3.05) is 6.54 Å². The number of hydrogen-bond donors (Lipinski definition) is 1. The Morgan fingerprint density at radius 1 is 1.11 bits per heavy atom. The highest BCUT2D eigenvalue weighted by atomic mass is 15.2. The van der Waals surface area contributed by atoms with Crippen LogP contribution >= 0.6 is 0 Å². The molecular formula is C16H32N2. The fraction of sp³-hybridized carbons (Fsp3) is 1.00. The Bertz CT molecular complexity index is 245. The topological polar surface area (TPSA) is 29.3 Å². The van der Waals surface area contributed by atoms with Crippen LogP contribution in [0.3, 0.4) is 0 Å². The molecule has 0 spiro atoms. The fourth-order valence-electron chi connectivity index (χ4n) is 3.97. The Kier molecular flexibility index (Phi) is 5.08. The second kappa shape index (κ2) is 6.38. The van der Waals surface area contributed by atoms with Crippen LogP contribution in [0, 0.1) is 11.8 Å². The van der Waals surface area contributed by atoms with Gasteiger partial charge in [0.1, 0.15) is 0 Å². The first-order valence-corrected chi connectivity index (χ1v) is 8.09. The minimum absolute atomic E-state index is 0.417. The lowest BCUT2D eigenvalue weighted by atomic mass is 9.82. The van der Waals surface area contributed by atoms with E-state index in [1.807, 2.05) is 0 Å². The third kappa shape index (κ3) is 3.48. The van der Waals surface area contributed by atoms with E-state index in [1.165, 1.54) is 51.5 Å². The molecule has 0 aromatic carbocycles. The monoisotopic (exact) mass is 252 g/mol. The SMILES string of the molecule is CC(C)CN(C1CCCC1)C1CC(C)CCC1N. The van der Waals surface area contributed by atoms with Gasteiger partial charge in [-0.15, -0.1) is 0 Å². The summed E-state index contributed by atoms with van der Waals surface area (Å²) in [5.74, 6) is 1.63. The Morgan fingerprint density at radius 2 is 1.78 bits per heavy atom. The lowest BCUT2D eigenvalue weighted by Crippen LogP contribution is -2.55. The van der Waals surface area contributed by atoms with E-state index in [-0.39, 0.29) is 0 Å². The van der Waals surface area contributed by atoms with E-state index < -0.39 is 0 Å². The summed E-state index contributed by atoms with van der Waals surface area (Å²) >= 11 is 0. The first-order valence-electron chi connectivity index (χ1n) is 8.09. The van der Waals surface area contributed by atoms with Gasteiger partial charge in [0.15, 0.2) is 0 Å². The molecule has 2 nitrogen and oxygen atoms in total. The van der Waals surface area contributed by atoms with Gasteiger partial charge < -0.3 is 5.73 Å².